The topological polar surface area (TPSA) is 70.7 Å². The second kappa shape index (κ2) is 7.18. The number of fused-ring (bicyclic) bond motifs is 1. The Morgan fingerprint density at radius 2 is 1.87 bits per heavy atom. The van der Waals surface area contributed by atoms with E-state index in [9.17, 15) is 15.0 Å². The molecule has 0 saturated carbocycles. The fourth-order valence-electron chi connectivity index (χ4n) is 2.42. The maximum Gasteiger partial charge on any atom is 0.336 e. The molecule has 0 aliphatic heterocycles. The molecule has 0 amide bonds. The second-order valence-electron chi connectivity index (χ2n) is 5.97. The number of rotatable bonds is 5. The van der Waals surface area contributed by atoms with E-state index in [-0.39, 0.29) is 17.1 Å². The van der Waals surface area contributed by atoms with Crippen LogP contribution in [-0.2, 0) is 6.42 Å². The predicted octanol–water partition coefficient (Wildman–Crippen LogP) is 4.44. The van der Waals surface area contributed by atoms with E-state index >= 15 is 0 Å². The quantitative estimate of drug-likeness (QED) is 0.632. The number of aromatic hydroxyl groups is 2. The minimum absolute atomic E-state index is 0.0716. The van der Waals surface area contributed by atoms with E-state index in [4.69, 9.17) is 4.42 Å². The Morgan fingerprint density at radius 1 is 1.13 bits per heavy atom. The van der Waals surface area contributed by atoms with Gasteiger partial charge < -0.3 is 14.6 Å². The lowest BCUT2D eigenvalue weighted by Gasteiger charge is -2.08. The third kappa shape index (κ3) is 4.25. The first-order chi connectivity index (χ1) is 10.9. The molecule has 0 saturated heterocycles. The lowest BCUT2D eigenvalue weighted by atomic mass is 10.0. The van der Waals surface area contributed by atoms with Gasteiger partial charge >= 0.3 is 5.63 Å². The van der Waals surface area contributed by atoms with Gasteiger partial charge in [-0.1, -0.05) is 23.3 Å². The predicted molar refractivity (Wildman–Crippen MR) is 91.9 cm³/mol. The largest absolute Gasteiger partial charge is 0.507 e. The number of allylic oxidation sites excluding steroid dienone is 4. The zero-order chi connectivity index (χ0) is 17.0. The van der Waals surface area contributed by atoms with Crippen molar-refractivity contribution in [1.29, 1.82) is 0 Å². The van der Waals surface area contributed by atoms with Gasteiger partial charge in [-0.15, -0.1) is 0 Å². The van der Waals surface area contributed by atoms with Gasteiger partial charge in [-0.25, -0.2) is 4.79 Å². The van der Waals surface area contributed by atoms with Crippen molar-refractivity contribution in [3.05, 3.63) is 57.5 Å². The highest BCUT2D eigenvalue weighted by Gasteiger charge is 2.13. The molecule has 4 heteroatoms. The molecule has 0 fully saturated rings. The third-order valence-corrected chi connectivity index (χ3v) is 3.71. The number of hydrogen-bond donors (Lipinski definition) is 2. The van der Waals surface area contributed by atoms with Gasteiger partial charge in [-0.3, -0.25) is 0 Å². The van der Waals surface area contributed by atoms with Crippen LogP contribution >= 0.6 is 0 Å². The van der Waals surface area contributed by atoms with E-state index in [1.165, 1.54) is 29.3 Å². The van der Waals surface area contributed by atoms with E-state index in [1.807, 2.05) is 13.0 Å². The molecule has 2 aromatic rings. The highest BCUT2D eigenvalue weighted by molar-refractivity contribution is 5.88. The van der Waals surface area contributed by atoms with Crippen molar-refractivity contribution in [2.75, 3.05) is 0 Å². The van der Waals surface area contributed by atoms with Crippen LogP contribution in [0.2, 0.25) is 0 Å². The summed E-state index contributed by atoms with van der Waals surface area (Å²) >= 11 is 0. The van der Waals surface area contributed by atoms with E-state index in [1.54, 1.807) is 0 Å². The maximum absolute atomic E-state index is 11.4. The SMILES string of the molecule is CC(C)=CCC/C(C)=C/Cc1c(O)cc(O)c2ccc(=O)oc12. The number of hydrogen-bond acceptors (Lipinski definition) is 4. The van der Waals surface area contributed by atoms with Gasteiger partial charge in [-0.2, -0.15) is 0 Å². The van der Waals surface area contributed by atoms with Crippen LogP contribution in [0.4, 0.5) is 0 Å². The van der Waals surface area contributed by atoms with Gasteiger partial charge in [0.05, 0.1) is 5.39 Å². The summed E-state index contributed by atoms with van der Waals surface area (Å²) in [5, 5.41) is 20.4. The average molecular weight is 314 g/mol. The van der Waals surface area contributed by atoms with E-state index in [0.29, 0.717) is 17.4 Å². The minimum Gasteiger partial charge on any atom is -0.507 e. The molecule has 2 rings (SSSR count). The van der Waals surface area contributed by atoms with Crippen molar-refractivity contribution >= 4 is 11.0 Å². The lowest BCUT2D eigenvalue weighted by Crippen LogP contribution is -1.97. The van der Waals surface area contributed by atoms with Crippen LogP contribution in [0.15, 0.2) is 50.7 Å². The summed E-state index contributed by atoms with van der Waals surface area (Å²) in [5.41, 5.74) is 2.73. The molecule has 23 heavy (non-hydrogen) atoms. The molecule has 4 nitrogen and oxygen atoms in total. The molecular weight excluding hydrogens is 292 g/mol. The van der Waals surface area contributed by atoms with Crippen LogP contribution in [0.3, 0.4) is 0 Å². The van der Waals surface area contributed by atoms with Gasteiger partial charge in [-0.05, 0) is 46.1 Å². The van der Waals surface area contributed by atoms with Crippen LogP contribution in [-0.4, -0.2) is 10.2 Å². The molecular formula is C19H22O4. The fraction of sp³-hybridized carbons (Fsp3) is 0.316. The smallest absolute Gasteiger partial charge is 0.336 e. The Labute approximate surface area is 135 Å². The van der Waals surface area contributed by atoms with Crippen molar-refractivity contribution in [2.45, 2.75) is 40.0 Å². The van der Waals surface area contributed by atoms with Crippen molar-refractivity contribution in [2.24, 2.45) is 0 Å². The van der Waals surface area contributed by atoms with Crippen molar-refractivity contribution in [3.8, 4) is 11.5 Å². The minimum atomic E-state index is -0.506. The average Bonchev–Trinajstić information content (AvgIpc) is 2.46. The Morgan fingerprint density at radius 3 is 2.57 bits per heavy atom. The molecule has 1 aromatic heterocycles. The lowest BCUT2D eigenvalue weighted by molar-refractivity contribution is 0.446. The third-order valence-electron chi connectivity index (χ3n) is 3.71. The first-order valence-corrected chi connectivity index (χ1v) is 7.65. The van der Waals surface area contributed by atoms with E-state index in [2.05, 4.69) is 19.9 Å². The van der Waals surface area contributed by atoms with Gasteiger partial charge in [0.15, 0.2) is 0 Å². The summed E-state index contributed by atoms with van der Waals surface area (Å²) in [6.07, 6.45) is 6.55. The first-order valence-electron chi connectivity index (χ1n) is 7.65. The Hall–Kier alpha value is -2.49. The van der Waals surface area contributed by atoms with Crippen LogP contribution < -0.4 is 5.63 Å². The molecule has 0 aliphatic carbocycles. The molecule has 0 spiro atoms. The van der Waals surface area contributed by atoms with Crippen molar-refractivity contribution < 1.29 is 14.6 Å². The summed E-state index contributed by atoms with van der Waals surface area (Å²) in [4.78, 5) is 11.4. The molecule has 0 atom stereocenters. The monoisotopic (exact) mass is 314 g/mol. The molecule has 122 valence electrons. The summed E-state index contributed by atoms with van der Waals surface area (Å²) in [6.45, 7) is 6.18. The maximum atomic E-state index is 11.4. The van der Waals surface area contributed by atoms with Crippen LogP contribution in [0, 0.1) is 0 Å². The fourth-order valence-corrected chi connectivity index (χ4v) is 2.42. The normalized spacial score (nSPS) is 11.7. The molecule has 0 unspecified atom stereocenters. The summed E-state index contributed by atoms with van der Waals surface area (Å²) < 4.78 is 5.19. The van der Waals surface area contributed by atoms with E-state index < -0.39 is 5.63 Å². The van der Waals surface area contributed by atoms with Crippen molar-refractivity contribution in [1.82, 2.24) is 0 Å². The number of phenolic OH excluding ortho intramolecular Hbond substituents is 2. The summed E-state index contributed by atoms with van der Waals surface area (Å²) in [7, 11) is 0. The van der Waals surface area contributed by atoms with Gasteiger partial charge in [0, 0.05) is 17.7 Å². The zero-order valence-electron chi connectivity index (χ0n) is 13.7. The van der Waals surface area contributed by atoms with Crippen LogP contribution in [0.1, 0.15) is 39.2 Å². The Kier molecular flexibility index (Phi) is 5.27. The molecule has 1 aromatic carbocycles. The Balaban J connectivity index is 2.31. The number of phenols is 2. The van der Waals surface area contributed by atoms with Crippen LogP contribution in [0.25, 0.3) is 11.0 Å². The van der Waals surface area contributed by atoms with Gasteiger partial charge in [0.2, 0.25) is 0 Å². The second-order valence-corrected chi connectivity index (χ2v) is 5.97. The van der Waals surface area contributed by atoms with Gasteiger partial charge in [0.25, 0.3) is 0 Å². The summed E-state index contributed by atoms with van der Waals surface area (Å²) in [5.74, 6) is -0.174. The molecule has 2 N–H and O–H groups in total. The summed E-state index contributed by atoms with van der Waals surface area (Å²) in [6, 6.07) is 4.04. The molecule has 0 radical (unpaired) electrons. The van der Waals surface area contributed by atoms with Gasteiger partial charge in [0.1, 0.15) is 17.1 Å². The zero-order valence-corrected chi connectivity index (χ0v) is 13.7. The molecule has 0 aliphatic rings. The van der Waals surface area contributed by atoms with E-state index in [0.717, 1.165) is 12.8 Å². The highest BCUT2D eigenvalue weighted by atomic mass is 16.4. The molecule has 1 heterocycles. The highest BCUT2D eigenvalue weighted by Crippen LogP contribution is 2.34. The standard InChI is InChI=1S/C19H22O4/c1-12(2)5-4-6-13(3)7-8-14-16(20)11-17(21)15-9-10-18(22)23-19(14)15/h5,7,9-11,20-21H,4,6,8H2,1-3H3/b13-7+. The first kappa shape index (κ1) is 16.9. The number of benzene rings is 1. The van der Waals surface area contributed by atoms with Crippen molar-refractivity contribution in [3.63, 3.8) is 0 Å². The van der Waals surface area contributed by atoms with Crippen LogP contribution in [0.5, 0.6) is 11.5 Å². The molecule has 0 bridgehead atoms. The Bertz CT molecular complexity index is 821.